The van der Waals surface area contributed by atoms with Crippen LogP contribution in [0.15, 0.2) is 48.5 Å². The van der Waals surface area contributed by atoms with Crippen LogP contribution in [0, 0.1) is 0 Å². The third kappa shape index (κ3) is 1.60. The number of amides is 1. The van der Waals surface area contributed by atoms with Crippen LogP contribution in [0.2, 0.25) is 0 Å². The molecule has 8 rings (SSSR count). The maximum absolute atomic E-state index is 13.1. The van der Waals surface area contributed by atoms with Gasteiger partial charge in [-0.25, -0.2) is 0 Å². The number of para-hydroxylation sites is 2. The van der Waals surface area contributed by atoms with Gasteiger partial charge in [-0.05, 0) is 31.5 Å². The van der Waals surface area contributed by atoms with Crippen molar-refractivity contribution >= 4 is 49.5 Å². The van der Waals surface area contributed by atoms with Crippen molar-refractivity contribution in [3.63, 3.8) is 0 Å². The Morgan fingerprint density at radius 2 is 1.71 bits per heavy atom. The van der Waals surface area contributed by atoms with E-state index in [1.165, 1.54) is 21.8 Å². The molecule has 5 heterocycles. The molecule has 0 saturated carbocycles. The van der Waals surface area contributed by atoms with Crippen molar-refractivity contribution in [1.82, 2.24) is 14.5 Å². The molecule has 0 aliphatic carbocycles. The lowest BCUT2D eigenvalue weighted by Crippen LogP contribution is -2.36. The molecule has 2 bridgehead atoms. The Morgan fingerprint density at radius 1 is 1.00 bits per heavy atom. The van der Waals surface area contributed by atoms with Crippen molar-refractivity contribution in [1.29, 1.82) is 0 Å². The van der Waals surface area contributed by atoms with Gasteiger partial charge in [0.15, 0.2) is 0 Å². The van der Waals surface area contributed by atoms with Gasteiger partial charge in [-0.3, -0.25) is 4.79 Å². The molecule has 152 valence electrons. The monoisotopic (exact) mass is 407 g/mol. The highest BCUT2D eigenvalue weighted by molar-refractivity contribution is 6.31. The first-order chi connectivity index (χ1) is 15.1. The number of nitrogens with zero attached hydrogens (tertiary/aromatic N) is 2. The number of benzene rings is 3. The maximum Gasteiger partial charge on any atom is 0.252 e. The highest BCUT2D eigenvalue weighted by Crippen LogP contribution is 2.54. The number of rotatable bonds is 0. The Hall–Kier alpha value is -3.31. The molecular formula is C26H21N3O2. The van der Waals surface area contributed by atoms with Crippen molar-refractivity contribution in [2.24, 2.45) is 0 Å². The van der Waals surface area contributed by atoms with Crippen LogP contribution in [0.1, 0.15) is 42.4 Å². The van der Waals surface area contributed by atoms with Crippen LogP contribution >= 0.6 is 0 Å². The van der Waals surface area contributed by atoms with E-state index in [1.54, 1.807) is 0 Å². The molecule has 0 spiro atoms. The number of fused-ring (bicyclic) bond motifs is 13. The summed E-state index contributed by atoms with van der Waals surface area (Å²) in [6.45, 7) is 5.12. The molecule has 3 aromatic carbocycles. The summed E-state index contributed by atoms with van der Waals surface area (Å²) in [5, 5.41) is 7.78. The molecule has 1 N–H and O–H groups in total. The Kier molecular flexibility index (Phi) is 2.61. The molecule has 0 radical (unpaired) electrons. The van der Waals surface area contributed by atoms with Gasteiger partial charge >= 0.3 is 0 Å². The van der Waals surface area contributed by atoms with Crippen molar-refractivity contribution in [3.05, 3.63) is 59.7 Å². The lowest BCUT2D eigenvalue weighted by atomic mass is 9.92. The van der Waals surface area contributed by atoms with Crippen LogP contribution in [-0.4, -0.2) is 21.1 Å². The van der Waals surface area contributed by atoms with Crippen LogP contribution in [0.5, 0.6) is 0 Å². The molecule has 3 aliphatic rings. The Morgan fingerprint density at radius 3 is 2.52 bits per heavy atom. The number of carbonyl (C=O) groups is 1. The molecule has 2 aromatic heterocycles. The van der Waals surface area contributed by atoms with Crippen molar-refractivity contribution in [3.8, 4) is 0 Å². The van der Waals surface area contributed by atoms with Gasteiger partial charge in [0.25, 0.3) is 5.91 Å². The SMILES string of the molecule is CC1OC2CC1(C)n1c3ccccc3c3c4c(c5c6ccccc6n2c5c31)C(=O)NC4. The van der Waals surface area contributed by atoms with E-state index in [2.05, 4.69) is 76.8 Å². The number of ether oxygens (including phenoxy) is 1. The average molecular weight is 407 g/mol. The summed E-state index contributed by atoms with van der Waals surface area (Å²) in [5.41, 5.74) is 6.59. The molecular weight excluding hydrogens is 386 g/mol. The second-order valence-corrected chi connectivity index (χ2v) is 9.52. The largest absolute Gasteiger partial charge is 0.353 e. The predicted octanol–water partition coefficient (Wildman–Crippen LogP) is 5.18. The van der Waals surface area contributed by atoms with Crippen molar-refractivity contribution in [2.75, 3.05) is 0 Å². The van der Waals surface area contributed by atoms with E-state index >= 15 is 0 Å². The van der Waals surface area contributed by atoms with E-state index in [0.29, 0.717) is 6.54 Å². The van der Waals surface area contributed by atoms with Crippen LogP contribution in [0.4, 0.5) is 0 Å². The van der Waals surface area contributed by atoms with Gasteiger partial charge in [-0.15, -0.1) is 0 Å². The minimum atomic E-state index is -0.163. The van der Waals surface area contributed by atoms with Gasteiger partial charge in [-0.2, -0.15) is 0 Å². The maximum atomic E-state index is 13.1. The third-order valence-corrected chi connectivity index (χ3v) is 8.14. The number of carbonyl (C=O) groups excluding carboxylic acids is 1. The van der Waals surface area contributed by atoms with Crippen LogP contribution < -0.4 is 5.32 Å². The summed E-state index contributed by atoms with van der Waals surface area (Å²) in [5.74, 6) is 0.0338. The fourth-order valence-corrected chi connectivity index (χ4v) is 6.68. The number of hydrogen-bond donors (Lipinski definition) is 1. The van der Waals surface area contributed by atoms with Crippen LogP contribution in [0.3, 0.4) is 0 Å². The van der Waals surface area contributed by atoms with Crippen LogP contribution in [0.25, 0.3) is 43.6 Å². The highest BCUT2D eigenvalue weighted by atomic mass is 16.5. The van der Waals surface area contributed by atoms with Gasteiger partial charge in [0.2, 0.25) is 0 Å². The second kappa shape index (κ2) is 4.94. The normalized spacial score (nSPS) is 26.5. The third-order valence-electron chi connectivity index (χ3n) is 8.14. The first kappa shape index (κ1) is 16.4. The molecule has 3 atom stereocenters. The van der Waals surface area contributed by atoms with Gasteiger partial charge < -0.3 is 19.2 Å². The summed E-state index contributed by atoms with van der Waals surface area (Å²) in [6.07, 6.45) is 0.932. The molecule has 1 amide bonds. The average Bonchev–Trinajstić information content (AvgIpc) is 3.46. The van der Waals surface area contributed by atoms with E-state index in [0.717, 1.165) is 39.4 Å². The van der Waals surface area contributed by atoms with Crippen molar-refractivity contribution < 1.29 is 9.53 Å². The lowest BCUT2D eigenvalue weighted by molar-refractivity contribution is -0.000120. The van der Waals surface area contributed by atoms with E-state index < -0.39 is 0 Å². The summed E-state index contributed by atoms with van der Waals surface area (Å²) in [7, 11) is 0. The van der Waals surface area contributed by atoms with Gasteiger partial charge in [0.05, 0.1) is 33.8 Å². The minimum absolute atomic E-state index is 0.0338. The quantitative estimate of drug-likeness (QED) is 0.384. The van der Waals surface area contributed by atoms with E-state index in [-0.39, 0.29) is 23.8 Å². The fourth-order valence-electron chi connectivity index (χ4n) is 6.68. The summed E-state index contributed by atoms with van der Waals surface area (Å²) < 4.78 is 11.5. The molecule has 5 nitrogen and oxygen atoms in total. The number of nitrogens with one attached hydrogen (secondary N) is 1. The smallest absolute Gasteiger partial charge is 0.252 e. The van der Waals surface area contributed by atoms with Gasteiger partial charge in [-0.1, -0.05) is 36.4 Å². The van der Waals surface area contributed by atoms with Crippen LogP contribution in [-0.2, 0) is 16.8 Å². The molecule has 5 aromatic rings. The highest BCUT2D eigenvalue weighted by Gasteiger charge is 2.50. The Labute approximate surface area is 178 Å². The fraction of sp³-hybridized carbons (Fsp3) is 0.269. The molecule has 31 heavy (non-hydrogen) atoms. The van der Waals surface area contributed by atoms with Gasteiger partial charge in [0.1, 0.15) is 6.23 Å². The zero-order chi connectivity index (χ0) is 20.6. The van der Waals surface area contributed by atoms with E-state index in [9.17, 15) is 4.79 Å². The summed E-state index contributed by atoms with van der Waals surface area (Å²) >= 11 is 0. The zero-order valence-electron chi connectivity index (χ0n) is 17.4. The topological polar surface area (TPSA) is 48.2 Å². The summed E-state index contributed by atoms with van der Waals surface area (Å²) in [6, 6.07) is 17.1. The Balaban J connectivity index is 1.81. The predicted molar refractivity (Wildman–Crippen MR) is 121 cm³/mol. The van der Waals surface area contributed by atoms with E-state index in [1.807, 2.05) is 0 Å². The van der Waals surface area contributed by atoms with E-state index in [4.69, 9.17) is 4.74 Å². The molecule has 3 unspecified atom stereocenters. The first-order valence-electron chi connectivity index (χ1n) is 11.0. The molecule has 1 saturated heterocycles. The number of aromatic nitrogens is 2. The summed E-state index contributed by atoms with van der Waals surface area (Å²) in [4.78, 5) is 13.1. The first-order valence-corrected chi connectivity index (χ1v) is 11.0. The van der Waals surface area contributed by atoms with Gasteiger partial charge in [0, 0.05) is 40.0 Å². The Bertz CT molecular complexity index is 1660. The molecule has 5 heteroatoms. The lowest BCUT2D eigenvalue weighted by Gasteiger charge is -2.31. The molecule has 3 aliphatic heterocycles. The zero-order valence-corrected chi connectivity index (χ0v) is 17.4. The standard InChI is InChI=1S/C26H21N3O2/c1-13-26(2)11-19(31-13)28-17-9-5-3-7-14(17)21-22-16(12-27-25(22)30)20-15-8-4-6-10-18(15)29(26)24(20)23(21)28/h3-10,13,19H,11-12H2,1-2H3,(H,27,30). The molecule has 1 fully saturated rings. The minimum Gasteiger partial charge on any atom is -0.353 e. The number of hydrogen-bond acceptors (Lipinski definition) is 2. The second-order valence-electron chi connectivity index (χ2n) is 9.52. The van der Waals surface area contributed by atoms with Crippen molar-refractivity contribution in [2.45, 2.75) is 44.7 Å².